The predicted molar refractivity (Wildman–Crippen MR) is 98.3 cm³/mol. The molecule has 0 aliphatic heterocycles. The second kappa shape index (κ2) is 6.36. The number of anilines is 1. The minimum atomic E-state index is -0.209. The number of nitrogens with one attached hydrogen (secondary N) is 1. The van der Waals surface area contributed by atoms with Crippen LogP contribution in [0.1, 0.15) is 21.9 Å². The van der Waals surface area contributed by atoms with E-state index in [0.29, 0.717) is 22.6 Å². The standard InChI is InChI=1S/C19H16N6O/c1-12-9-10-14-5-3-8-17(18(14)20-12)19(26)21-15-6-4-7-16(11-15)25-13(2)22-23-24-25/h3-11H,1-2H3,(H,21,26). The van der Waals surface area contributed by atoms with Crippen molar-refractivity contribution < 1.29 is 4.79 Å². The van der Waals surface area contributed by atoms with Crippen molar-refractivity contribution in [1.82, 2.24) is 25.2 Å². The van der Waals surface area contributed by atoms with E-state index in [1.54, 1.807) is 10.7 Å². The number of carbonyl (C=O) groups is 1. The minimum absolute atomic E-state index is 0.209. The Morgan fingerprint density at radius 1 is 1.04 bits per heavy atom. The molecule has 0 aliphatic rings. The molecule has 2 aromatic heterocycles. The molecule has 0 unspecified atom stereocenters. The van der Waals surface area contributed by atoms with E-state index in [4.69, 9.17) is 0 Å². The van der Waals surface area contributed by atoms with Crippen LogP contribution in [0.2, 0.25) is 0 Å². The molecule has 1 N–H and O–H groups in total. The number of fused-ring (bicyclic) bond motifs is 1. The summed E-state index contributed by atoms with van der Waals surface area (Å²) in [7, 11) is 0. The fourth-order valence-electron chi connectivity index (χ4n) is 2.81. The number of hydrogen-bond donors (Lipinski definition) is 1. The van der Waals surface area contributed by atoms with E-state index in [-0.39, 0.29) is 5.91 Å². The molecule has 0 spiro atoms. The zero-order valence-corrected chi connectivity index (χ0v) is 14.3. The number of tetrazole rings is 1. The summed E-state index contributed by atoms with van der Waals surface area (Å²) < 4.78 is 1.61. The molecule has 0 saturated carbocycles. The van der Waals surface area contributed by atoms with Crippen molar-refractivity contribution in [2.24, 2.45) is 0 Å². The Kier molecular flexibility index (Phi) is 3.89. The number of benzene rings is 2. The van der Waals surface area contributed by atoms with Crippen LogP contribution >= 0.6 is 0 Å². The van der Waals surface area contributed by atoms with Crippen molar-refractivity contribution in [2.75, 3.05) is 5.32 Å². The second-order valence-corrected chi connectivity index (χ2v) is 5.97. The average molecular weight is 344 g/mol. The number of carbonyl (C=O) groups excluding carboxylic acids is 1. The van der Waals surface area contributed by atoms with Crippen molar-refractivity contribution in [2.45, 2.75) is 13.8 Å². The van der Waals surface area contributed by atoms with Crippen LogP contribution in [-0.2, 0) is 0 Å². The molecule has 0 bridgehead atoms. The van der Waals surface area contributed by atoms with Gasteiger partial charge in [0.2, 0.25) is 0 Å². The molecule has 2 aromatic carbocycles. The molecule has 0 atom stereocenters. The molecule has 7 nitrogen and oxygen atoms in total. The number of pyridine rings is 1. The normalized spacial score (nSPS) is 10.8. The third-order valence-corrected chi connectivity index (χ3v) is 4.08. The number of aryl methyl sites for hydroxylation is 2. The summed E-state index contributed by atoms with van der Waals surface area (Å²) in [6.45, 7) is 3.72. The molecule has 4 rings (SSSR count). The second-order valence-electron chi connectivity index (χ2n) is 5.97. The number of hydrogen-bond acceptors (Lipinski definition) is 5. The fourth-order valence-corrected chi connectivity index (χ4v) is 2.81. The number of aromatic nitrogens is 5. The molecule has 0 saturated heterocycles. The van der Waals surface area contributed by atoms with Gasteiger partial charge in [0.1, 0.15) is 0 Å². The lowest BCUT2D eigenvalue weighted by Gasteiger charge is -2.09. The minimum Gasteiger partial charge on any atom is -0.322 e. The zero-order valence-electron chi connectivity index (χ0n) is 14.3. The largest absolute Gasteiger partial charge is 0.322 e. The van der Waals surface area contributed by atoms with Crippen LogP contribution in [0.4, 0.5) is 5.69 Å². The summed E-state index contributed by atoms with van der Waals surface area (Å²) >= 11 is 0. The van der Waals surface area contributed by atoms with Crippen molar-refractivity contribution in [3.63, 3.8) is 0 Å². The molecule has 4 aromatic rings. The Balaban J connectivity index is 1.67. The van der Waals surface area contributed by atoms with Gasteiger partial charge in [-0.1, -0.05) is 24.3 Å². The van der Waals surface area contributed by atoms with Crippen LogP contribution in [-0.4, -0.2) is 31.1 Å². The Hall–Kier alpha value is -3.61. The van der Waals surface area contributed by atoms with Gasteiger partial charge in [-0.05, 0) is 54.6 Å². The molecule has 0 radical (unpaired) electrons. The summed E-state index contributed by atoms with van der Waals surface area (Å²) in [5.74, 6) is 0.460. The quantitative estimate of drug-likeness (QED) is 0.617. The highest BCUT2D eigenvalue weighted by Gasteiger charge is 2.12. The van der Waals surface area contributed by atoms with Crippen LogP contribution in [0.15, 0.2) is 54.6 Å². The highest BCUT2D eigenvalue weighted by molar-refractivity contribution is 6.11. The Morgan fingerprint density at radius 2 is 1.88 bits per heavy atom. The number of para-hydroxylation sites is 1. The van der Waals surface area contributed by atoms with E-state index in [2.05, 4.69) is 25.8 Å². The van der Waals surface area contributed by atoms with E-state index < -0.39 is 0 Å². The zero-order chi connectivity index (χ0) is 18.1. The van der Waals surface area contributed by atoms with Gasteiger partial charge in [-0.15, -0.1) is 5.10 Å². The van der Waals surface area contributed by atoms with Gasteiger partial charge in [-0.3, -0.25) is 9.78 Å². The van der Waals surface area contributed by atoms with E-state index in [9.17, 15) is 4.79 Å². The van der Waals surface area contributed by atoms with Gasteiger partial charge < -0.3 is 5.32 Å². The predicted octanol–water partition coefficient (Wildman–Crippen LogP) is 3.08. The lowest BCUT2D eigenvalue weighted by molar-refractivity contribution is 0.102. The molecular weight excluding hydrogens is 328 g/mol. The fraction of sp³-hybridized carbons (Fsp3) is 0.105. The van der Waals surface area contributed by atoms with Gasteiger partial charge >= 0.3 is 0 Å². The first-order valence-corrected chi connectivity index (χ1v) is 8.15. The van der Waals surface area contributed by atoms with Gasteiger partial charge in [0, 0.05) is 16.8 Å². The van der Waals surface area contributed by atoms with Crippen LogP contribution in [0.5, 0.6) is 0 Å². The first-order valence-electron chi connectivity index (χ1n) is 8.15. The molecular formula is C19H16N6O. The van der Waals surface area contributed by atoms with Gasteiger partial charge in [-0.2, -0.15) is 4.68 Å². The number of nitrogens with zero attached hydrogens (tertiary/aromatic N) is 5. The van der Waals surface area contributed by atoms with Gasteiger partial charge in [0.15, 0.2) is 5.82 Å². The van der Waals surface area contributed by atoms with E-state index in [1.807, 2.05) is 62.4 Å². The van der Waals surface area contributed by atoms with Gasteiger partial charge in [0.05, 0.1) is 16.8 Å². The average Bonchev–Trinajstić information content (AvgIpc) is 3.07. The summed E-state index contributed by atoms with van der Waals surface area (Å²) in [6, 6.07) is 16.8. The third-order valence-electron chi connectivity index (χ3n) is 4.08. The molecule has 0 fully saturated rings. The van der Waals surface area contributed by atoms with Crippen molar-refractivity contribution in [3.8, 4) is 5.69 Å². The SMILES string of the molecule is Cc1ccc2cccc(C(=O)Nc3cccc(-n4nnnc4C)c3)c2n1. The smallest absolute Gasteiger partial charge is 0.257 e. The van der Waals surface area contributed by atoms with Crippen molar-refractivity contribution in [1.29, 1.82) is 0 Å². The number of rotatable bonds is 3. The first-order chi connectivity index (χ1) is 12.6. The summed E-state index contributed by atoms with van der Waals surface area (Å²) in [5, 5.41) is 15.3. The maximum atomic E-state index is 12.8. The number of amides is 1. The molecule has 26 heavy (non-hydrogen) atoms. The summed E-state index contributed by atoms with van der Waals surface area (Å²) in [4.78, 5) is 17.3. The van der Waals surface area contributed by atoms with Crippen LogP contribution < -0.4 is 5.32 Å². The topological polar surface area (TPSA) is 85.6 Å². The highest BCUT2D eigenvalue weighted by Crippen LogP contribution is 2.20. The maximum absolute atomic E-state index is 12.8. The van der Waals surface area contributed by atoms with Crippen LogP contribution in [0.25, 0.3) is 16.6 Å². The van der Waals surface area contributed by atoms with E-state index in [0.717, 1.165) is 16.8 Å². The Morgan fingerprint density at radius 3 is 2.69 bits per heavy atom. The lowest BCUT2D eigenvalue weighted by atomic mass is 10.1. The molecule has 7 heteroatoms. The third kappa shape index (κ3) is 2.90. The molecule has 2 heterocycles. The lowest BCUT2D eigenvalue weighted by Crippen LogP contribution is -2.13. The summed E-state index contributed by atoms with van der Waals surface area (Å²) in [5.41, 5.74) is 3.53. The molecule has 0 aliphatic carbocycles. The monoisotopic (exact) mass is 344 g/mol. The van der Waals surface area contributed by atoms with E-state index >= 15 is 0 Å². The molecule has 1 amide bonds. The first kappa shape index (κ1) is 15.9. The van der Waals surface area contributed by atoms with E-state index in [1.165, 1.54) is 0 Å². The van der Waals surface area contributed by atoms with Crippen molar-refractivity contribution in [3.05, 3.63) is 71.7 Å². The molecule has 128 valence electrons. The Labute approximate surface area is 149 Å². The highest BCUT2D eigenvalue weighted by atomic mass is 16.1. The van der Waals surface area contributed by atoms with Gasteiger partial charge in [0.25, 0.3) is 5.91 Å². The maximum Gasteiger partial charge on any atom is 0.257 e. The van der Waals surface area contributed by atoms with Crippen molar-refractivity contribution >= 4 is 22.5 Å². The Bertz CT molecular complexity index is 1120. The van der Waals surface area contributed by atoms with Gasteiger partial charge in [-0.25, -0.2) is 0 Å². The van der Waals surface area contributed by atoms with Crippen LogP contribution in [0.3, 0.4) is 0 Å². The van der Waals surface area contributed by atoms with Crippen LogP contribution in [0, 0.1) is 13.8 Å². The summed E-state index contributed by atoms with van der Waals surface area (Å²) in [6.07, 6.45) is 0.